The molecule has 1 aromatic rings. The standard InChI is InChI=1S/C11H12BrF4N/c1-2-17-10(11(14,15)16)6-7-5-8(13)3-4-9(7)12/h3-5,10,17H,2,6H2,1H3. The van der Waals surface area contributed by atoms with E-state index in [1.807, 2.05) is 0 Å². The minimum absolute atomic E-state index is 0.205. The average molecular weight is 314 g/mol. The van der Waals surface area contributed by atoms with Crippen molar-refractivity contribution in [1.82, 2.24) is 5.32 Å². The van der Waals surface area contributed by atoms with Gasteiger partial charge in [-0.2, -0.15) is 13.2 Å². The fraction of sp³-hybridized carbons (Fsp3) is 0.455. The number of likely N-dealkylation sites (N-methyl/N-ethyl adjacent to an activating group) is 1. The van der Waals surface area contributed by atoms with Crippen molar-refractivity contribution >= 4 is 15.9 Å². The number of benzene rings is 1. The van der Waals surface area contributed by atoms with Gasteiger partial charge < -0.3 is 5.32 Å². The minimum Gasteiger partial charge on any atom is -0.306 e. The van der Waals surface area contributed by atoms with E-state index in [0.717, 1.165) is 6.07 Å². The van der Waals surface area contributed by atoms with Crippen molar-refractivity contribution in [1.29, 1.82) is 0 Å². The molecule has 0 aliphatic heterocycles. The van der Waals surface area contributed by atoms with Crippen molar-refractivity contribution in [3.63, 3.8) is 0 Å². The molecule has 0 fully saturated rings. The van der Waals surface area contributed by atoms with Gasteiger partial charge in [0.1, 0.15) is 11.9 Å². The highest BCUT2D eigenvalue weighted by Crippen LogP contribution is 2.26. The normalized spacial score (nSPS) is 13.8. The van der Waals surface area contributed by atoms with Crippen LogP contribution in [0.15, 0.2) is 22.7 Å². The molecule has 0 amide bonds. The summed E-state index contributed by atoms with van der Waals surface area (Å²) in [5.41, 5.74) is 0.299. The third-order valence-electron chi connectivity index (χ3n) is 2.28. The van der Waals surface area contributed by atoms with Crippen molar-refractivity contribution in [3.05, 3.63) is 34.1 Å². The second-order valence-electron chi connectivity index (χ2n) is 3.59. The lowest BCUT2D eigenvalue weighted by atomic mass is 10.1. The molecular formula is C11H12BrF4N. The molecule has 1 aromatic carbocycles. The molecule has 6 heteroatoms. The Morgan fingerprint density at radius 1 is 1.35 bits per heavy atom. The maximum Gasteiger partial charge on any atom is 0.404 e. The molecule has 0 saturated carbocycles. The Kier molecular flexibility index (Phi) is 4.94. The Morgan fingerprint density at radius 3 is 2.53 bits per heavy atom. The maximum absolute atomic E-state index is 13.0. The van der Waals surface area contributed by atoms with Crippen LogP contribution in [0.1, 0.15) is 12.5 Å². The third-order valence-corrected chi connectivity index (χ3v) is 3.05. The highest BCUT2D eigenvalue weighted by molar-refractivity contribution is 9.10. The van der Waals surface area contributed by atoms with Gasteiger partial charge in [0.15, 0.2) is 0 Å². The molecular weight excluding hydrogens is 302 g/mol. The van der Waals surface area contributed by atoms with Crippen LogP contribution in [0.4, 0.5) is 17.6 Å². The van der Waals surface area contributed by atoms with Crippen LogP contribution in [0.5, 0.6) is 0 Å². The zero-order valence-corrected chi connectivity index (χ0v) is 10.7. The summed E-state index contributed by atoms with van der Waals surface area (Å²) in [6.45, 7) is 1.80. The Bertz CT molecular complexity index is 378. The Labute approximate surface area is 105 Å². The predicted molar refractivity (Wildman–Crippen MR) is 61.3 cm³/mol. The van der Waals surface area contributed by atoms with Gasteiger partial charge in [-0.1, -0.05) is 22.9 Å². The molecule has 0 aromatic heterocycles. The molecule has 1 atom stereocenters. The van der Waals surface area contributed by atoms with Gasteiger partial charge >= 0.3 is 6.18 Å². The molecule has 0 aliphatic rings. The zero-order chi connectivity index (χ0) is 13.1. The molecule has 0 bridgehead atoms. The molecule has 17 heavy (non-hydrogen) atoms. The lowest BCUT2D eigenvalue weighted by molar-refractivity contribution is -0.155. The van der Waals surface area contributed by atoms with Crippen LogP contribution >= 0.6 is 15.9 Å². The lowest BCUT2D eigenvalue weighted by Gasteiger charge is -2.21. The first kappa shape index (κ1) is 14.4. The molecule has 1 unspecified atom stereocenters. The molecule has 0 saturated heterocycles. The molecule has 0 heterocycles. The summed E-state index contributed by atoms with van der Waals surface area (Å²) in [4.78, 5) is 0. The van der Waals surface area contributed by atoms with Crippen LogP contribution in [0.25, 0.3) is 0 Å². The molecule has 0 aliphatic carbocycles. The summed E-state index contributed by atoms with van der Waals surface area (Å²) >= 11 is 3.11. The summed E-state index contributed by atoms with van der Waals surface area (Å²) < 4.78 is 51.4. The SMILES string of the molecule is CCNC(Cc1cc(F)ccc1Br)C(F)(F)F. The zero-order valence-electron chi connectivity index (χ0n) is 9.11. The number of alkyl halides is 3. The molecule has 1 rings (SSSR count). The van der Waals surface area contributed by atoms with Gasteiger partial charge in [-0.05, 0) is 36.7 Å². The van der Waals surface area contributed by atoms with Gasteiger partial charge in [-0.3, -0.25) is 0 Å². The minimum atomic E-state index is -4.35. The quantitative estimate of drug-likeness (QED) is 0.836. The van der Waals surface area contributed by atoms with Crippen molar-refractivity contribution < 1.29 is 17.6 Å². The van der Waals surface area contributed by atoms with E-state index in [-0.39, 0.29) is 13.0 Å². The van der Waals surface area contributed by atoms with Crippen LogP contribution in [0.2, 0.25) is 0 Å². The summed E-state index contributed by atoms with van der Waals surface area (Å²) in [5.74, 6) is -0.541. The average Bonchev–Trinajstić information content (AvgIpc) is 2.21. The van der Waals surface area contributed by atoms with E-state index in [9.17, 15) is 17.6 Å². The maximum atomic E-state index is 13.0. The molecule has 96 valence electrons. The van der Waals surface area contributed by atoms with Gasteiger partial charge in [-0.25, -0.2) is 4.39 Å². The van der Waals surface area contributed by atoms with Gasteiger partial charge in [0.05, 0.1) is 0 Å². The van der Waals surface area contributed by atoms with Crippen LogP contribution in [-0.4, -0.2) is 18.8 Å². The fourth-order valence-corrected chi connectivity index (χ4v) is 1.88. The van der Waals surface area contributed by atoms with Gasteiger partial charge in [0.2, 0.25) is 0 Å². The second-order valence-corrected chi connectivity index (χ2v) is 4.45. The van der Waals surface area contributed by atoms with Gasteiger partial charge in [0.25, 0.3) is 0 Å². The number of hydrogen-bond acceptors (Lipinski definition) is 1. The van der Waals surface area contributed by atoms with Gasteiger partial charge in [-0.15, -0.1) is 0 Å². The topological polar surface area (TPSA) is 12.0 Å². The van der Waals surface area contributed by atoms with Crippen LogP contribution in [-0.2, 0) is 6.42 Å². The highest BCUT2D eigenvalue weighted by atomic mass is 79.9. The van der Waals surface area contributed by atoms with E-state index in [4.69, 9.17) is 0 Å². The largest absolute Gasteiger partial charge is 0.404 e. The smallest absolute Gasteiger partial charge is 0.306 e. The summed E-state index contributed by atoms with van der Waals surface area (Å²) in [7, 11) is 0. The molecule has 0 spiro atoms. The summed E-state index contributed by atoms with van der Waals surface area (Å²) in [5, 5.41) is 2.35. The number of rotatable bonds is 4. The molecule has 1 nitrogen and oxygen atoms in total. The van der Waals surface area contributed by atoms with E-state index < -0.39 is 18.0 Å². The van der Waals surface area contributed by atoms with Crippen LogP contribution in [0.3, 0.4) is 0 Å². The van der Waals surface area contributed by atoms with Crippen LogP contribution < -0.4 is 5.32 Å². The molecule has 1 N–H and O–H groups in total. The van der Waals surface area contributed by atoms with E-state index >= 15 is 0 Å². The Morgan fingerprint density at radius 2 is 2.00 bits per heavy atom. The van der Waals surface area contributed by atoms with Crippen molar-refractivity contribution in [2.75, 3.05) is 6.54 Å². The molecule has 0 radical (unpaired) electrons. The van der Waals surface area contributed by atoms with Gasteiger partial charge in [0, 0.05) is 4.47 Å². The second kappa shape index (κ2) is 5.82. The summed E-state index contributed by atoms with van der Waals surface area (Å²) in [6.07, 6.45) is -4.64. The first-order valence-electron chi connectivity index (χ1n) is 5.08. The van der Waals surface area contributed by atoms with Crippen molar-refractivity contribution in [2.45, 2.75) is 25.6 Å². The summed E-state index contributed by atoms with van der Waals surface area (Å²) in [6, 6.07) is 2.05. The number of halogens is 5. The van der Waals surface area contributed by atoms with Crippen molar-refractivity contribution in [2.24, 2.45) is 0 Å². The Balaban J connectivity index is 2.89. The fourth-order valence-electron chi connectivity index (χ4n) is 1.47. The van der Waals surface area contributed by atoms with E-state index in [2.05, 4.69) is 21.2 Å². The van der Waals surface area contributed by atoms with E-state index in [1.54, 1.807) is 6.92 Å². The number of hydrogen-bond donors (Lipinski definition) is 1. The predicted octanol–water partition coefficient (Wildman–Crippen LogP) is 3.67. The first-order valence-corrected chi connectivity index (χ1v) is 5.88. The van der Waals surface area contributed by atoms with Crippen LogP contribution in [0, 0.1) is 5.82 Å². The third kappa shape index (κ3) is 4.27. The first-order chi connectivity index (χ1) is 7.84. The Hall–Kier alpha value is -0.620. The van der Waals surface area contributed by atoms with Crippen molar-refractivity contribution in [3.8, 4) is 0 Å². The van der Waals surface area contributed by atoms with E-state index in [0.29, 0.717) is 10.0 Å². The van der Waals surface area contributed by atoms with E-state index in [1.165, 1.54) is 12.1 Å². The monoisotopic (exact) mass is 313 g/mol. The number of nitrogens with one attached hydrogen (secondary N) is 1. The lowest BCUT2D eigenvalue weighted by Crippen LogP contribution is -2.43. The highest BCUT2D eigenvalue weighted by Gasteiger charge is 2.39.